The highest BCUT2D eigenvalue weighted by Gasteiger charge is 2.13. The topological polar surface area (TPSA) is 30.9 Å². The second-order valence-electron chi connectivity index (χ2n) is 4.54. The predicted molar refractivity (Wildman–Crippen MR) is 69.9 cm³/mol. The molecule has 0 saturated heterocycles. The van der Waals surface area contributed by atoms with E-state index < -0.39 is 0 Å². The molecule has 0 amide bonds. The monoisotopic (exact) mass is 236 g/mol. The van der Waals surface area contributed by atoms with Crippen LogP contribution in [0.4, 0.5) is 0 Å². The number of hydrogen-bond donors (Lipinski definition) is 1. The Morgan fingerprint density at radius 2 is 1.94 bits per heavy atom. The molecule has 0 aliphatic heterocycles. The second kappa shape index (κ2) is 4.11. The molecule has 0 fully saturated rings. The zero-order chi connectivity index (χ0) is 11.9. The number of nitrogens with zero attached hydrogens (tertiary/aromatic N) is 1. The van der Waals surface area contributed by atoms with Crippen molar-refractivity contribution in [2.45, 2.75) is 32.9 Å². The van der Waals surface area contributed by atoms with E-state index in [0.29, 0.717) is 6.04 Å². The molecule has 1 atom stereocenters. The third-order valence-electron chi connectivity index (χ3n) is 2.87. The summed E-state index contributed by atoms with van der Waals surface area (Å²) in [4.78, 5) is 0. The Morgan fingerprint density at radius 3 is 2.50 bits per heavy atom. The molecule has 0 radical (unpaired) electrons. The number of hydrogen-bond acceptors (Lipinski definition) is 1. The summed E-state index contributed by atoms with van der Waals surface area (Å²) in [6, 6.07) is 6.43. The molecule has 0 aliphatic rings. The van der Waals surface area contributed by atoms with E-state index in [9.17, 15) is 0 Å². The van der Waals surface area contributed by atoms with Gasteiger partial charge in [0.2, 0.25) is 0 Å². The van der Waals surface area contributed by atoms with Gasteiger partial charge in [0.25, 0.3) is 0 Å². The van der Waals surface area contributed by atoms with E-state index in [-0.39, 0.29) is 6.04 Å². The van der Waals surface area contributed by atoms with Gasteiger partial charge in [-0.1, -0.05) is 11.6 Å². The third kappa shape index (κ3) is 1.83. The average Bonchev–Trinajstić information content (AvgIpc) is 2.56. The summed E-state index contributed by atoms with van der Waals surface area (Å²) in [7, 11) is 0. The van der Waals surface area contributed by atoms with Crippen molar-refractivity contribution in [2.24, 2.45) is 5.73 Å². The van der Waals surface area contributed by atoms with Crippen LogP contribution in [0, 0.1) is 0 Å². The van der Waals surface area contributed by atoms with Crippen LogP contribution in [-0.2, 0) is 0 Å². The molecule has 16 heavy (non-hydrogen) atoms. The van der Waals surface area contributed by atoms with Crippen LogP contribution < -0.4 is 5.73 Å². The van der Waals surface area contributed by atoms with E-state index >= 15 is 0 Å². The van der Waals surface area contributed by atoms with Crippen molar-refractivity contribution < 1.29 is 0 Å². The summed E-state index contributed by atoms with van der Waals surface area (Å²) in [6.45, 7) is 6.33. The van der Waals surface area contributed by atoms with Crippen LogP contribution in [-0.4, -0.2) is 4.57 Å². The summed E-state index contributed by atoms with van der Waals surface area (Å²) >= 11 is 6.03. The largest absolute Gasteiger partial charge is 0.345 e. The van der Waals surface area contributed by atoms with Crippen LogP contribution in [0.5, 0.6) is 0 Å². The summed E-state index contributed by atoms with van der Waals surface area (Å²) in [5.41, 5.74) is 8.35. The Labute approximate surface area is 101 Å². The first-order chi connectivity index (χ1) is 7.50. The van der Waals surface area contributed by atoms with Gasteiger partial charge in [-0.3, -0.25) is 0 Å². The standard InChI is InChI=1S/C13H17ClN2/c1-8(2)16-7-12(9(3)15)11-6-10(14)4-5-13(11)16/h4-9H,15H2,1-3H3. The van der Waals surface area contributed by atoms with Crippen molar-refractivity contribution >= 4 is 22.5 Å². The maximum absolute atomic E-state index is 6.03. The van der Waals surface area contributed by atoms with Gasteiger partial charge in [-0.05, 0) is 44.5 Å². The minimum absolute atomic E-state index is 0.0287. The SMILES string of the molecule is CC(N)c1cn(C(C)C)c2ccc(Cl)cc12. The molecular formula is C13H17ClN2. The lowest BCUT2D eigenvalue weighted by atomic mass is 10.1. The molecule has 1 heterocycles. The number of rotatable bonds is 2. The lowest BCUT2D eigenvalue weighted by molar-refractivity contribution is 0.618. The predicted octanol–water partition coefficient (Wildman–Crippen LogP) is 3.90. The molecule has 2 nitrogen and oxygen atoms in total. The van der Waals surface area contributed by atoms with Gasteiger partial charge in [0.05, 0.1) is 0 Å². The summed E-state index contributed by atoms with van der Waals surface area (Å²) in [5, 5.41) is 1.92. The Morgan fingerprint density at radius 1 is 1.25 bits per heavy atom. The highest BCUT2D eigenvalue weighted by atomic mass is 35.5. The normalized spacial score (nSPS) is 13.6. The highest BCUT2D eigenvalue weighted by Crippen LogP contribution is 2.30. The van der Waals surface area contributed by atoms with Crippen LogP contribution in [0.25, 0.3) is 10.9 Å². The number of nitrogens with two attached hydrogens (primary N) is 1. The van der Waals surface area contributed by atoms with E-state index in [2.05, 4.69) is 30.7 Å². The van der Waals surface area contributed by atoms with E-state index in [1.54, 1.807) is 0 Å². The zero-order valence-electron chi connectivity index (χ0n) is 9.87. The number of halogens is 1. The number of benzene rings is 1. The molecule has 1 aromatic heterocycles. The van der Waals surface area contributed by atoms with E-state index in [4.69, 9.17) is 17.3 Å². The second-order valence-corrected chi connectivity index (χ2v) is 4.97. The maximum atomic E-state index is 6.03. The number of fused-ring (bicyclic) bond motifs is 1. The molecule has 0 spiro atoms. The van der Waals surface area contributed by atoms with Gasteiger partial charge in [0, 0.05) is 34.2 Å². The summed E-state index contributed by atoms with van der Waals surface area (Å²) in [5.74, 6) is 0. The average molecular weight is 237 g/mol. The lowest BCUT2D eigenvalue weighted by Gasteiger charge is -2.08. The van der Waals surface area contributed by atoms with Crippen LogP contribution in [0.1, 0.15) is 38.4 Å². The fourth-order valence-electron chi connectivity index (χ4n) is 2.04. The zero-order valence-corrected chi connectivity index (χ0v) is 10.6. The van der Waals surface area contributed by atoms with Crippen molar-refractivity contribution in [1.29, 1.82) is 0 Å². The molecule has 3 heteroatoms. The Kier molecular flexibility index (Phi) is 2.96. The minimum atomic E-state index is 0.0287. The Balaban J connectivity index is 2.76. The van der Waals surface area contributed by atoms with Gasteiger partial charge in [0.15, 0.2) is 0 Å². The maximum Gasteiger partial charge on any atom is 0.0487 e. The quantitative estimate of drug-likeness (QED) is 0.843. The summed E-state index contributed by atoms with van der Waals surface area (Å²) in [6.07, 6.45) is 2.14. The van der Waals surface area contributed by atoms with Crippen molar-refractivity contribution in [1.82, 2.24) is 4.57 Å². The van der Waals surface area contributed by atoms with Crippen molar-refractivity contribution in [3.8, 4) is 0 Å². The molecule has 0 bridgehead atoms. The van der Waals surface area contributed by atoms with E-state index in [1.807, 2.05) is 19.1 Å². The number of aromatic nitrogens is 1. The molecule has 1 unspecified atom stereocenters. The first-order valence-corrected chi connectivity index (χ1v) is 5.94. The van der Waals surface area contributed by atoms with Gasteiger partial charge < -0.3 is 10.3 Å². The van der Waals surface area contributed by atoms with Crippen molar-refractivity contribution in [2.75, 3.05) is 0 Å². The lowest BCUT2D eigenvalue weighted by Crippen LogP contribution is -2.04. The van der Waals surface area contributed by atoms with Gasteiger partial charge in [-0.15, -0.1) is 0 Å². The molecule has 2 aromatic rings. The fraction of sp³-hybridized carbons (Fsp3) is 0.385. The van der Waals surface area contributed by atoms with Gasteiger partial charge in [0.1, 0.15) is 0 Å². The molecule has 2 N–H and O–H groups in total. The molecule has 0 saturated carbocycles. The Bertz CT molecular complexity index is 512. The van der Waals surface area contributed by atoms with Crippen LogP contribution in [0.3, 0.4) is 0 Å². The van der Waals surface area contributed by atoms with Crippen molar-refractivity contribution in [3.63, 3.8) is 0 Å². The Hall–Kier alpha value is -0.990. The molecule has 0 aliphatic carbocycles. The van der Waals surface area contributed by atoms with Gasteiger partial charge in [-0.2, -0.15) is 0 Å². The van der Waals surface area contributed by atoms with Crippen LogP contribution in [0.2, 0.25) is 5.02 Å². The van der Waals surface area contributed by atoms with Gasteiger partial charge >= 0.3 is 0 Å². The van der Waals surface area contributed by atoms with Crippen LogP contribution >= 0.6 is 11.6 Å². The fourth-order valence-corrected chi connectivity index (χ4v) is 2.22. The molecular weight excluding hydrogens is 220 g/mol. The van der Waals surface area contributed by atoms with Crippen molar-refractivity contribution in [3.05, 3.63) is 35.0 Å². The third-order valence-corrected chi connectivity index (χ3v) is 3.11. The van der Waals surface area contributed by atoms with Crippen LogP contribution in [0.15, 0.2) is 24.4 Å². The first-order valence-electron chi connectivity index (χ1n) is 5.56. The molecule has 86 valence electrons. The molecule has 1 aromatic carbocycles. The van der Waals surface area contributed by atoms with Gasteiger partial charge in [-0.25, -0.2) is 0 Å². The molecule has 2 rings (SSSR count). The smallest absolute Gasteiger partial charge is 0.0487 e. The highest BCUT2D eigenvalue weighted by molar-refractivity contribution is 6.31. The van der Waals surface area contributed by atoms with E-state index in [1.165, 1.54) is 5.52 Å². The van der Waals surface area contributed by atoms with E-state index in [0.717, 1.165) is 16.0 Å². The first kappa shape index (κ1) is 11.5. The summed E-state index contributed by atoms with van der Waals surface area (Å²) < 4.78 is 2.24. The minimum Gasteiger partial charge on any atom is -0.345 e.